The summed E-state index contributed by atoms with van der Waals surface area (Å²) in [6.45, 7) is -3.03. The molecule has 7 heteroatoms. The maximum atomic E-state index is 11.8. The molecule has 0 radical (unpaired) electrons. The average molecular weight is 219 g/mol. The van der Waals surface area contributed by atoms with Crippen LogP contribution in [0.5, 0.6) is 0 Å². The van der Waals surface area contributed by atoms with Gasteiger partial charge in [-0.15, -0.1) is 11.3 Å². The fraction of sp³-hybridized carbons (Fsp3) is 0.400. The second kappa shape index (κ2) is 5.11. The number of hydrogen-bond acceptors (Lipinski definition) is 2. The molecule has 1 heterocycles. The molecule has 0 atom stereocenters. The molecule has 62 valence electrons. The molecule has 0 bridgehead atoms. The zero-order valence-electron chi connectivity index (χ0n) is 6.85. The molecule has 1 aromatic heterocycles. The largest absolute Gasteiger partial charge is 1.00 e. The molecule has 0 aliphatic rings. The van der Waals surface area contributed by atoms with Crippen molar-refractivity contribution >= 4 is 18.3 Å². The van der Waals surface area contributed by atoms with Gasteiger partial charge in [-0.05, 0) is 13.2 Å². The predicted molar refractivity (Wildman–Crippen MR) is 39.6 cm³/mol. The molecule has 1 rings (SSSR count). The summed E-state index contributed by atoms with van der Waals surface area (Å²) in [5.41, 5.74) is 0.139. The first-order valence-corrected chi connectivity index (χ1v) is 3.97. The Morgan fingerprint density at radius 3 is 2.42 bits per heavy atom. The molecule has 0 amide bonds. The van der Waals surface area contributed by atoms with Gasteiger partial charge in [-0.2, -0.15) is 0 Å². The van der Waals surface area contributed by atoms with Gasteiger partial charge in [0.15, 0.2) is 0 Å². The Morgan fingerprint density at radius 1 is 1.50 bits per heavy atom. The van der Waals surface area contributed by atoms with Crippen molar-refractivity contribution in [1.29, 1.82) is 0 Å². The van der Waals surface area contributed by atoms with Gasteiger partial charge in [-0.1, -0.05) is 0 Å². The van der Waals surface area contributed by atoms with E-state index in [1.807, 2.05) is 0 Å². The van der Waals surface area contributed by atoms with E-state index >= 15 is 0 Å². The Hall–Kier alpha value is 1.12. The van der Waals surface area contributed by atoms with E-state index in [9.17, 15) is 12.9 Å². The monoisotopic (exact) mass is 219 g/mol. The summed E-state index contributed by atoms with van der Waals surface area (Å²) < 4.78 is 35.3. The van der Waals surface area contributed by atoms with E-state index in [0.717, 1.165) is 0 Å². The van der Waals surface area contributed by atoms with Gasteiger partial charge in [0.05, 0.1) is 5.01 Å². The minimum atomic E-state index is -4.72. The molecule has 0 spiro atoms. The molecule has 0 unspecified atom stereocenters. The summed E-state index contributed by atoms with van der Waals surface area (Å²) in [7, 11) is 0. The molecular formula is C5H6BF3KNS. The van der Waals surface area contributed by atoms with Crippen molar-refractivity contribution in [3.8, 4) is 0 Å². The number of aryl methyl sites for hydroxylation is 1. The molecule has 0 aliphatic carbocycles. The van der Waals surface area contributed by atoms with Gasteiger partial charge < -0.3 is 12.9 Å². The van der Waals surface area contributed by atoms with E-state index in [1.54, 1.807) is 6.92 Å². The maximum Gasteiger partial charge on any atom is 1.00 e. The van der Waals surface area contributed by atoms with E-state index in [4.69, 9.17) is 0 Å². The van der Waals surface area contributed by atoms with E-state index in [1.165, 1.54) is 16.7 Å². The minimum Gasteiger partial charge on any atom is -0.449 e. The molecule has 0 aliphatic heterocycles. The number of rotatable bonds is 2. The van der Waals surface area contributed by atoms with E-state index in [0.29, 0.717) is 5.01 Å². The Kier molecular flexibility index (Phi) is 5.59. The number of aromatic nitrogens is 1. The van der Waals surface area contributed by atoms with Crippen molar-refractivity contribution < 1.29 is 64.3 Å². The third-order valence-corrected chi connectivity index (χ3v) is 1.93. The van der Waals surface area contributed by atoms with E-state index < -0.39 is 13.3 Å². The van der Waals surface area contributed by atoms with Gasteiger partial charge in [-0.3, -0.25) is 0 Å². The first-order valence-electron chi connectivity index (χ1n) is 3.09. The van der Waals surface area contributed by atoms with Gasteiger partial charge in [0.1, 0.15) is 0 Å². The van der Waals surface area contributed by atoms with Crippen LogP contribution in [0.15, 0.2) is 5.38 Å². The Labute approximate surface area is 115 Å². The molecular weight excluding hydrogens is 213 g/mol. The van der Waals surface area contributed by atoms with Gasteiger partial charge in [0.2, 0.25) is 0 Å². The Morgan fingerprint density at radius 2 is 2.08 bits per heavy atom. The predicted octanol–water partition coefficient (Wildman–Crippen LogP) is -0.615. The minimum absolute atomic E-state index is 0. The summed E-state index contributed by atoms with van der Waals surface area (Å²) in [4.78, 5) is 3.71. The SMILES string of the molecule is Cc1nc(C[B-](F)(F)F)cs1.[K+]. The zero-order chi connectivity index (χ0) is 8.48. The molecule has 0 aromatic carbocycles. The summed E-state index contributed by atoms with van der Waals surface area (Å²) in [5, 5.41) is 2.13. The van der Waals surface area contributed by atoms with Crippen LogP contribution in [0.4, 0.5) is 12.9 Å². The van der Waals surface area contributed by atoms with E-state index in [2.05, 4.69) is 4.98 Å². The average Bonchev–Trinajstić information content (AvgIpc) is 2.10. The second-order valence-electron chi connectivity index (χ2n) is 2.27. The Balaban J connectivity index is 0.00000121. The van der Waals surface area contributed by atoms with E-state index in [-0.39, 0.29) is 57.1 Å². The summed E-state index contributed by atoms with van der Waals surface area (Å²) in [6.07, 6.45) is -0.857. The molecule has 0 saturated carbocycles. The van der Waals surface area contributed by atoms with Gasteiger partial charge in [0.25, 0.3) is 0 Å². The molecule has 0 fully saturated rings. The quantitative estimate of drug-likeness (QED) is 0.604. The fourth-order valence-electron chi connectivity index (χ4n) is 0.739. The van der Waals surface area contributed by atoms with Crippen LogP contribution in [0.25, 0.3) is 0 Å². The molecule has 0 N–H and O–H groups in total. The zero-order valence-corrected chi connectivity index (χ0v) is 10.8. The molecule has 1 nitrogen and oxygen atoms in total. The van der Waals surface area contributed by atoms with Crippen LogP contribution in [0.2, 0.25) is 0 Å². The normalized spacial score (nSPS) is 11.0. The van der Waals surface area contributed by atoms with Crippen LogP contribution < -0.4 is 51.4 Å². The van der Waals surface area contributed by atoms with Gasteiger partial charge >= 0.3 is 58.4 Å². The summed E-state index contributed by atoms with van der Waals surface area (Å²) >= 11 is 1.24. The Bertz CT molecular complexity index is 249. The number of halogens is 3. The van der Waals surface area contributed by atoms with Gasteiger partial charge in [0, 0.05) is 11.1 Å². The third kappa shape index (κ3) is 4.98. The van der Waals surface area contributed by atoms with Crippen LogP contribution in [0.3, 0.4) is 0 Å². The molecule has 0 saturated heterocycles. The van der Waals surface area contributed by atoms with Crippen molar-refractivity contribution in [2.24, 2.45) is 0 Å². The van der Waals surface area contributed by atoms with Crippen molar-refractivity contribution in [1.82, 2.24) is 4.98 Å². The first-order chi connectivity index (χ1) is 4.97. The van der Waals surface area contributed by atoms with Crippen LogP contribution in [0.1, 0.15) is 10.7 Å². The third-order valence-electron chi connectivity index (χ3n) is 1.11. The van der Waals surface area contributed by atoms with Crippen LogP contribution in [-0.2, 0) is 6.32 Å². The number of nitrogens with zero attached hydrogens (tertiary/aromatic N) is 1. The standard InChI is InChI=1S/C5H6BF3NS.K/c1-4-10-5(3-11-4)2-6(7,8)9;/h3H,2H2,1H3;/q-1;+1. The van der Waals surface area contributed by atoms with Crippen molar-refractivity contribution in [2.45, 2.75) is 13.2 Å². The second-order valence-corrected chi connectivity index (χ2v) is 3.33. The van der Waals surface area contributed by atoms with Crippen molar-refractivity contribution in [3.63, 3.8) is 0 Å². The summed E-state index contributed by atoms with van der Waals surface area (Å²) in [5.74, 6) is 0. The number of thiazole rings is 1. The summed E-state index contributed by atoms with van der Waals surface area (Å²) in [6, 6.07) is 0. The molecule has 1 aromatic rings. The smallest absolute Gasteiger partial charge is 0.449 e. The van der Waals surface area contributed by atoms with Gasteiger partial charge in [-0.25, -0.2) is 4.98 Å². The first kappa shape index (κ1) is 13.1. The van der Waals surface area contributed by atoms with Crippen molar-refractivity contribution in [2.75, 3.05) is 0 Å². The van der Waals surface area contributed by atoms with Crippen LogP contribution in [-0.4, -0.2) is 12.0 Å². The maximum absolute atomic E-state index is 11.8. The molecule has 12 heavy (non-hydrogen) atoms. The van der Waals surface area contributed by atoms with Crippen LogP contribution >= 0.6 is 11.3 Å². The number of hydrogen-bond donors (Lipinski definition) is 0. The van der Waals surface area contributed by atoms with Crippen molar-refractivity contribution in [3.05, 3.63) is 16.1 Å². The fourth-order valence-corrected chi connectivity index (χ4v) is 1.36. The topological polar surface area (TPSA) is 12.9 Å². The van der Waals surface area contributed by atoms with Crippen LogP contribution in [0, 0.1) is 6.92 Å².